The lowest BCUT2D eigenvalue weighted by Crippen LogP contribution is -2.05. The van der Waals surface area contributed by atoms with Gasteiger partial charge in [0, 0.05) is 31.0 Å². The molecule has 5 nitrogen and oxygen atoms in total. The summed E-state index contributed by atoms with van der Waals surface area (Å²) in [6, 6.07) is 0.618. The first-order valence-electron chi connectivity index (χ1n) is 5.85. The van der Waals surface area contributed by atoms with Gasteiger partial charge < -0.3 is 5.32 Å². The first-order chi connectivity index (χ1) is 8.06. The molecule has 1 atom stereocenters. The number of hydrogen-bond donors (Lipinski definition) is 1. The van der Waals surface area contributed by atoms with E-state index in [2.05, 4.69) is 36.3 Å². The zero-order valence-corrected chi connectivity index (χ0v) is 10.8. The van der Waals surface area contributed by atoms with E-state index in [4.69, 9.17) is 0 Å². The molecule has 1 unspecified atom stereocenters. The van der Waals surface area contributed by atoms with E-state index in [0.717, 1.165) is 5.69 Å². The summed E-state index contributed by atoms with van der Waals surface area (Å²) in [5.41, 5.74) is 2.21. The van der Waals surface area contributed by atoms with Crippen LogP contribution >= 0.6 is 0 Å². The number of aromatic nitrogens is 4. The fraction of sp³-hybridized carbons (Fsp3) is 0.500. The van der Waals surface area contributed by atoms with Crippen molar-refractivity contribution in [1.29, 1.82) is 0 Å². The van der Waals surface area contributed by atoms with E-state index in [0.29, 0.717) is 6.04 Å². The van der Waals surface area contributed by atoms with Crippen LogP contribution in [-0.4, -0.2) is 19.6 Å². The van der Waals surface area contributed by atoms with Crippen LogP contribution in [0, 0.1) is 0 Å². The van der Waals surface area contributed by atoms with Gasteiger partial charge in [0.1, 0.15) is 0 Å². The van der Waals surface area contributed by atoms with E-state index in [1.165, 1.54) is 5.56 Å². The number of rotatable bonds is 4. The molecule has 0 saturated carbocycles. The van der Waals surface area contributed by atoms with Gasteiger partial charge in [0.05, 0.1) is 24.1 Å². The van der Waals surface area contributed by atoms with Crippen molar-refractivity contribution < 1.29 is 0 Å². The molecule has 0 spiro atoms. The highest BCUT2D eigenvalue weighted by atomic mass is 15.3. The van der Waals surface area contributed by atoms with E-state index in [1.807, 2.05) is 41.2 Å². The maximum absolute atomic E-state index is 4.30. The van der Waals surface area contributed by atoms with Gasteiger partial charge >= 0.3 is 0 Å². The quantitative estimate of drug-likeness (QED) is 0.882. The summed E-state index contributed by atoms with van der Waals surface area (Å²) in [7, 11) is 1.92. The van der Waals surface area contributed by atoms with E-state index in [1.54, 1.807) is 0 Å². The number of nitrogens with zero attached hydrogens (tertiary/aromatic N) is 4. The second kappa shape index (κ2) is 4.61. The van der Waals surface area contributed by atoms with E-state index in [-0.39, 0.29) is 6.04 Å². The average molecular weight is 233 g/mol. The molecule has 0 aromatic carbocycles. The summed E-state index contributed by atoms with van der Waals surface area (Å²) in [5, 5.41) is 11.9. The fourth-order valence-corrected chi connectivity index (χ4v) is 1.69. The predicted octanol–water partition coefficient (Wildman–Crippen LogP) is 2.37. The van der Waals surface area contributed by atoms with Gasteiger partial charge in [0.2, 0.25) is 0 Å². The molecule has 2 aromatic rings. The van der Waals surface area contributed by atoms with Gasteiger partial charge in [-0.3, -0.25) is 9.36 Å². The first kappa shape index (κ1) is 11.7. The molecular weight excluding hydrogens is 214 g/mol. The lowest BCUT2D eigenvalue weighted by molar-refractivity contribution is 0.532. The van der Waals surface area contributed by atoms with Crippen LogP contribution in [0.4, 0.5) is 5.69 Å². The van der Waals surface area contributed by atoms with Gasteiger partial charge in [-0.15, -0.1) is 0 Å². The summed E-state index contributed by atoms with van der Waals surface area (Å²) in [5.74, 6) is 0. The smallest absolute Gasteiger partial charge is 0.0731 e. The van der Waals surface area contributed by atoms with E-state index < -0.39 is 0 Å². The third-order valence-corrected chi connectivity index (χ3v) is 2.74. The molecule has 92 valence electrons. The molecule has 2 aromatic heterocycles. The van der Waals surface area contributed by atoms with Crippen LogP contribution in [0.3, 0.4) is 0 Å². The zero-order valence-electron chi connectivity index (χ0n) is 10.8. The van der Waals surface area contributed by atoms with Crippen LogP contribution in [0.15, 0.2) is 24.8 Å². The maximum atomic E-state index is 4.30. The Bertz CT molecular complexity index is 483. The summed E-state index contributed by atoms with van der Waals surface area (Å²) in [4.78, 5) is 0. The van der Waals surface area contributed by atoms with Crippen LogP contribution in [0.5, 0.6) is 0 Å². The van der Waals surface area contributed by atoms with Crippen molar-refractivity contribution in [2.24, 2.45) is 7.05 Å². The molecule has 2 heterocycles. The van der Waals surface area contributed by atoms with Crippen molar-refractivity contribution in [2.75, 3.05) is 5.32 Å². The van der Waals surface area contributed by atoms with Gasteiger partial charge in [-0.05, 0) is 20.8 Å². The van der Waals surface area contributed by atoms with Gasteiger partial charge in [0.25, 0.3) is 0 Å². The van der Waals surface area contributed by atoms with Crippen LogP contribution in [0.1, 0.15) is 38.4 Å². The SMILES string of the molecule is CC(Nc1cnn(C(C)C)c1)c1cnn(C)c1. The standard InChI is InChI=1S/C12H19N5/c1-9(2)17-8-12(6-14-17)15-10(3)11-5-13-16(4)7-11/h5-10,15H,1-4H3. The molecule has 2 rings (SSSR count). The zero-order chi connectivity index (χ0) is 12.4. The summed E-state index contributed by atoms with van der Waals surface area (Å²) in [6.45, 7) is 6.34. The largest absolute Gasteiger partial charge is 0.376 e. The molecule has 0 aliphatic rings. The number of anilines is 1. The minimum Gasteiger partial charge on any atom is -0.376 e. The number of aryl methyl sites for hydroxylation is 1. The molecule has 0 aliphatic heterocycles. The van der Waals surface area contributed by atoms with Crippen molar-refractivity contribution in [3.05, 3.63) is 30.4 Å². The fourth-order valence-electron chi connectivity index (χ4n) is 1.69. The van der Waals surface area contributed by atoms with E-state index in [9.17, 15) is 0 Å². The van der Waals surface area contributed by atoms with Crippen LogP contribution in [0.25, 0.3) is 0 Å². The third-order valence-electron chi connectivity index (χ3n) is 2.74. The molecule has 0 radical (unpaired) electrons. The summed E-state index contributed by atoms with van der Waals surface area (Å²) < 4.78 is 3.75. The predicted molar refractivity (Wildman–Crippen MR) is 67.9 cm³/mol. The monoisotopic (exact) mass is 233 g/mol. The Kier molecular flexibility index (Phi) is 3.17. The first-order valence-corrected chi connectivity index (χ1v) is 5.85. The third kappa shape index (κ3) is 2.67. The topological polar surface area (TPSA) is 47.7 Å². The van der Waals surface area contributed by atoms with Crippen molar-refractivity contribution >= 4 is 5.69 Å². The Morgan fingerprint density at radius 3 is 2.41 bits per heavy atom. The molecule has 1 N–H and O–H groups in total. The minimum absolute atomic E-state index is 0.230. The Balaban J connectivity index is 2.05. The maximum Gasteiger partial charge on any atom is 0.0731 e. The van der Waals surface area contributed by atoms with Crippen LogP contribution in [-0.2, 0) is 7.05 Å². The van der Waals surface area contributed by atoms with Crippen LogP contribution < -0.4 is 5.32 Å². The highest BCUT2D eigenvalue weighted by Crippen LogP contribution is 2.18. The number of nitrogens with one attached hydrogen (secondary N) is 1. The van der Waals surface area contributed by atoms with Crippen molar-refractivity contribution in [2.45, 2.75) is 32.9 Å². The molecule has 5 heteroatoms. The second-order valence-corrected chi connectivity index (χ2v) is 4.62. The Morgan fingerprint density at radius 1 is 1.12 bits per heavy atom. The Hall–Kier alpha value is -1.78. The molecule has 17 heavy (non-hydrogen) atoms. The normalized spacial score (nSPS) is 13.0. The van der Waals surface area contributed by atoms with Gasteiger partial charge in [-0.25, -0.2) is 0 Å². The average Bonchev–Trinajstić information content (AvgIpc) is 2.86. The van der Waals surface area contributed by atoms with Gasteiger partial charge in [0.15, 0.2) is 0 Å². The van der Waals surface area contributed by atoms with Crippen molar-refractivity contribution in [3.63, 3.8) is 0 Å². The highest BCUT2D eigenvalue weighted by Gasteiger charge is 2.09. The van der Waals surface area contributed by atoms with Crippen LogP contribution in [0.2, 0.25) is 0 Å². The second-order valence-electron chi connectivity index (χ2n) is 4.62. The lowest BCUT2D eigenvalue weighted by Gasteiger charge is -2.11. The molecule has 0 amide bonds. The Labute approximate surface area is 101 Å². The summed E-state index contributed by atoms with van der Waals surface area (Å²) in [6.07, 6.45) is 7.78. The van der Waals surface area contributed by atoms with Gasteiger partial charge in [-0.1, -0.05) is 0 Å². The Morgan fingerprint density at radius 2 is 1.88 bits per heavy atom. The molecule has 0 bridgehead atoms. The molecule has 0 fully saturated rings. The van der Waals surface area contributed by atoms with Crippen molar-refractivity contribution in [3.8, 4) is 0 Å². The van der Waals surface area contributed by atoms with Crippen molar-refractivity contribution in [1.82, 2.24) is 19.6 Å². The van der Waals surface area contributed by atoms with Gasteiger partial charge in [-0.2, -0.15) is 10.2 Å². The molecule has 0 aliphatic carbocycles. The molecule has 0 saturated heterocycles. The number of hydrogen-bond acceptors (Lipinski definition) is 3. The lowest BCUT2D eigenvalue weighted by atomic mass is 10.2. The minimum atomic E-state index is 0.230. The van der Waals surface area contributed by atoms with E-state index >= 15 is 0 Å². The highest BCUT2D eigenvalue weighted by molar-refractivity contribution is 5.41. The summed E-state index contributed by atoms with van der Waals surface area (Å²) >= 11 is 0. The molecular formula is C12H19N5.